The van der Waals surface area contributed by atoms with Gasteiger partial charge < -0.3 is 0 Å². The van der Waals surface area contributed by atoms with Crippen LogP contribution in [0.3, 0.4) is 0 Å². The molecule has 3 heterocycles. The lowest BCUT2D eigenvalue weighted by molar-refractivity contribution is 0.0908. The second-order valence-electron chi connectivity index (χ2n) is 5.87. The first kappa shape index (κ1) is 12.4. The normalized spacial score (nSPS) is 28.7. The van der Waals surface area contributed by atoms with Crippen molar-refractivity contribution >= 4 is 28.4 Å². The molecular weight excluding hydrogens is 266 g/mol. The first-order chi connectivity index (χ1) is 9.81. The largest absolute Gasteiger partial charge is 0.294 e. The van der Waals surface area contributed by atoms with Gasteiger partial charge in [-0.15, -0.1) is 0 Å². The molecule has 20 heavy (non-hydrogen) atoms. The molecule has 2 nitrogen and oxygen atoms in total. The third-order valence-corrected chi connectivity index (χ3v) is 6.20. The Morgan fingerprint density at radius 3 is 2.70 bits per heavy atom. The van der Waals surface area contributed by atoms with E-state index >= 15 is 0 Å². The van der Waals surface area contributed by atoms with Crippen LogP contribution in [-0.4, -0.2) is 21.3 Å². The number of aromatic nitrogens is 1. The SMILES string of the molecule is O=C(c1cccc2ncccc12)C1CC2CCC(C1)S2. The minimum atomic E-state index is 0.222. The molecule has 0 aliphatic carbocycles. The Morgan fingerprint density at radius 1 is 1.10 bits per heavy atom. The number of benzene rings is 1. The predicted molar refractivity (Wildman–Crippen MR) is 83.2 cm³/mol. The van der Waals surface area contributed by atoms with Crippen LogP contribution in [-0.2, 0) is 0 Å². The smallest absolute Gasteiger partial charge is 0.166 e. The number of carbonyl (C=O) groups excluding carboxylic acids is 1. The maximum absolute atomic E-state index is 12.9. The number of pyridine rings is 1. The number of hydrogen-bond acceptors (Lipinski definition) is 3. The minimum absolute atomic E-state index is 0.222. The first-order valence-corrected chi connectivity index (χ1v) is 8.29. The number of carbonyl (C=O) groups is 1. The highest BCUT2D eigenvalue weighted by atomic mass is 32.2. The molecular formula is C17H17NOS. The summed E-state index contributed by atoms with van der Waals surface area (Å²) in [5.41, 5.74) is 1.79. The van der Waals surface area contributed by atoms with Gasteiger partial charge in [0.1, 0.15) is 0 Å². The van der Waals surface area contributed by atoms with Gasteiger partial charge in [0.15, 0.2) is 5.78 Å². The molecule has 2 aromatic rings. The van der Waals surface area contributed by atoms with Crippen LogP contribution >= 0.6 is 11.8 Å². The Kier molecular flexibility index (Phi) is 3.03. The molecule has 0 saturated carbocycles. The van der Waals surface area contributed by atoms with Gasteiger partial charge >= 0.3 is 0 Å². The van der Waals surface area contributed by atoms with Crippen molar-refractivity contribution in [2.24, 2.45) is 5.92 Å². The molecule has 2 bridgehead atoms. The van der Waals surface area contributed by atoms with Crippen molar-refractivity contribution in [1.82, 2.24) is 4.98 Å². The van der Waals surface area contributed by atoms with Crippen molar-refractivity contribution in [2.75, 3.05) is 0 Å². The van der Waals surface area contributed by atoms with E-state index in [1.807, 2.05) is 30.3 Å². The lowest BCUT2D eigenvalue weighted by Gasteiger charge is -2.26. The average molecular weight is 283 g/mol. The molecule has 1 aromatic carbocycles. The minimum Gasteiger partial charge on any atom is -0.294 e. The van der Waals surface area contributed by atoms with Gasteiger partial charge in [-0.25, -0.2) is 0 Å². The molecule has 0 spiro atoms. The molecule has 4 rings (SSSR count). The quantitative estimate of drug-likeness (QED) is 0.777. The van der Waals surface area contributed by atoms with Crippen molar-refractivity contribution in [3.05, 3.63) is 42.1 Å². The van der Waals surface area contributed by atoms with Crippen LogP contribution in [0.1, 0.15) is 36.0 Å². The van der Waals surface area contributed by atoms with Crippen LogP contribution in [0.5, 0.6) is 0 Å². The van der Waals surface area contributed by atoms with Crippen molar-refractivity contribution in [2.45, 2.75) is 36.2 Å². The van der Waals surface area contributed by atoms with Crippen molar-refractivity contribution in [3.8, 4) is 0 Å². The Balaban J connectivity index is 1.70. The van der Waals surface area contributed by atoms with Gasteiger partial charge in [0.2, 0.25) is 0 Å². The van der Waals surface area contributed by atoms with E-state index in [1.165, 1.54) is 12.8 Å². The fraction of sp³-hybridized carbons (Fsp3) is 0.412. The number of thioether (sulfide) groups is 1. The van der Waals surface area contributed by atoms with Gasteiger partial charge in [0.05, 0.1) is 5.52 Å². The number of rotatable bonds is 2. The van der Waals surface area contributed by atoms with Gasteiger partial charge in [0, 0.05) is 33.6 Å². The van der Waals surface area contributed by atoms with E-state index in [0.29, 0.717) is 5.78 Å². The highest BCUT2D eigenvalue weighted by molar-refractivity contribution is 8.00. The molecule has 2 fully saturated rings. The summed E-state index contributed by atoms with van der Waals surface area (Å²) < 4.78 is 0. The van der Waals surface area contributed by atoms with Crippen LogP contribution in [0.4, 0.5) is 0 Å². The zero-order valence-electron chi connectivity index (χ0n) is 11.3. The summed E-state index contributed by atoms with van der Waals surface area (Å²) in [5.74, 6) is 0.556. The molecule has 0 radical (unpaired) electrons. The monoisotopic (exact) mass is 283 g/mol. The third-order valence-electron chi connectivity index (χ3n) is 4.57. The molecule has 3 heteroatoms. The Labute approximate surface area is 123 Å². The summed E-state index contributed by atoms with van der Waals surface area (Å²) in [6.07, 6.45) is 6.52. The van der Waals surface area contributed by atoms with E-state index in [1.54, 1.807) is 6.20 Å². The van der Waals surface area contributed by atoms with Crippen molar-refractivity contribution < 1.29 is 4.79 Å². The second-order valence-corrected chi connectivity index (χ2v) is 7.47. The Hall–Kier alpha value is -1.35. The van der Waals surface area contributed by atoms with Crippen LogP contribution in [0.2, 0.25) is 0 Å². The van der Waals surface area contributed by atoms with E-state index in [9.17, 15) is 4.79 Å². The standard InChI is InChI=1S/C17H17NOS/c19-17(11-9-12-6-7-13(10-11)20-12)15-3-1-5-16-14(15)4-2-8-18-16/h1-5,8,11-13H,6-7,9-10H2. The topological polar surface area (TPSA) is 30.0 Å². The molecule has 2 saturated heterocycles. The van der Waals surface area contributed by atoms with Crippen LogP contribution in [0, 0.1) is 5.92 Å². The number of fused-ring (bicyclic) bond motifs is 3. The van der Waals surface area contributed by atoms with Crippen LogP contribution < -0.4 is 0 Å². The van der Waals surface area contributed by atoms with Gasteiger partial charge in [-0.2, -0.15) is 11.8 Å². The molecule has 2 unspecified atom stereocenters. The summed E-state index contributed by atoms with van der Waals surface area (Å²) in [6, 6.07) is 9.83. The zero-order chi connectivity index (χ0) is 13.5. The van der Waals surface area contributed by atoms with Gasteiger partial charge in [-0.05, 0) is 37.8 Å². The second kappa shape index (κ2) is 4.88. The lowest BCUT2D eigenvalue weighted by Crippen LogP contribution is -2.25. The zero-order valence-corrected chi connectivity index (χ0v) is 12.1. The summed E-state index contributed by atoms with van der Waals surface area (Å²) in [4.78, 5) is 17.3. The first-order valence-electron chi connectivity index (χ1n) is 7.34. The van der Waals surface area contributed by atoms with Gasteiger partial charge in [0.25, 0.3) is 0 Å². The van der Waals surface area contributed by atoms with Crippen molar-refractivity contribution in [1.29, 1.82) is 0 Å². The highest BCUT2D eigenvalue weighted by Gasteiger charge is 2.38. The van der Waals surface area contributed by atoms with E-state index in [2.05, 4.69) is 16.7 Å². The summed E-state index contributed by atoms with van der Waals surface area (Å²) in [6.45, 7) is 0. The Morgan fingerprint density at radius 2 is 1.90 bits per heavy atom. The fourth-order valence-electron chi connectivity index (χ4n) is 3.61. The molecule has 2 aliphatic rings. The summed E-state index contributed by atoms with van der Waals surface area (Å²) in [7, 11) is 0. The molecule has 0 amide bonds. The van der Waals surface area contributed by atoms with Gasteiger partial charge in [-0.3, -0.25) is 9.78 Å². The maximum atomic E-state index is 12.9. The number of hydrogen-bond donors (Lipinski definition) is 0. The third kappa shape index (κ3) is 2.05. The molecule has 1 aromatic heterocycles. The van der Waals surface area contributed by atoms with Crippen LogP contribution in [0.15, 0.2) is 36.5 Å². The predicted octanol–water partition coefficient (Wildman–Crippen LogP) is 4.09. The number of nitrogens with zero attached hydrogens (tertiary/aromatic N) is 1. The molecule has 102 valence electrons. The van der Waals surface area contributed by atoms with E-state index in [0.717, 1.165) is 39.8 Å². The number of Topliss-reactive ketones (excluding diaryl/α,β-unsaturated/α-hetero) is 1. The van der Waals surface area contributed by atoms with E-state index < -0.39 is 0 Å². The van der Waals surface area contributed by atoms with E-state index in [4.69, 9.17) is 0 Å². The molecule has 2 aliphatic heterocycles. The Bertz CT molecular complexity index is 652. The van der Waals surface area contributed by atoms with E-state index in [-0.39, 0.29) is 5.92 Å². The summed E-state index contributed by atoms with van der Waals surface area (Å²) >= 11 is 2.11. The number of ketones is 1. The fourth-order valence-corrected chi connectivity index (χ4v) is 5.39. The van der Waals surface area contributed by atoms with Crippen LogP contribution in [0.25, 0.3) is 10.9 Å². The van der Waals surface area contributed by atoms with Crippen molar-refractivity contribution in [3.63, 3.8) is 0 Å². The van der Waals surface area contributed by atoms with Gasteiger partial charge in [-0.1, -0.05) is 18.2 Å². The summed E-state index contributed by atoms with van der Waals surface area (Å²) in [5, 5.41) is 2.44. The molecule has 2 atom stereocenters. The average Bonchev–Trinajstić information content (AvgIpc) is 2.84. The highest BCUT2D eigenvalue weighted by Crippen LogP contribution is 2.46. The lowest BCUT2D eigenvalue weighted by atomic mass is 9.89. The maximum Gasteiger partial charge on any atom is 0.166 e. The molecule has 0 N–H and O–H groups in total.